The molecule has 2 aliphatic heterocycles. The van der Waals surface area contributed by atoms with Gasteiger partial charge in [0.15, 0.2) is 0 Å². The molecule has 132 valence electrons. The molecule has 1 aromatic carbocycles. The summed E-state index contributed by atoms with van der Waals surface area (Å²) in [5.41, 5.74) is 2.34. The fourth-order valence-corrected chi connectivity index (χ4v) is 3.86. The first-order valence-electron chi connectivity index (χ1n) is 8.92. The molecule has 0 radical (unpaired) electrons. The van der Waals surface area contributed by atoms with Crippen LogP contribution in [-0.2, 0) is 22.5 Å². The standard InChI is InChI=1S/C19H24N4O2/c1-15-11-16-5-2-3-6-18(16)23(15)19(24)14-21-9-10-25-17(12-21)13-22-8-4-7-20-22/h2-8,15,17H,9-14H2,1H3. The van der Waals surface area contributed by atoms with E-state index in [1.165, 1.54) is 5.56 Å². The molecule has 6 nitrogen and oxygen atoms in total. The van der Waals surface area contributed by atoms with Crippen molar-refractivity contribution < 1.29 is 9.53 Å². The Morgan fingerprint density at radius 1 is 1.32 bits per heavy atom. The monoisotopic (exact) mass is 340 g/mol. The molecule has 0 N–H and O–H groups in total. The number of aromatic nitrogens is 2. The number of para-hydroxylation sites is 1. The zero-order chi connectivity index (χ0) is 17.2. The highest BCUT2D eigenvalue weighted by molar-refractivity contribution is 5.97. The molecule has 6 heteroatoms. The number of amides is 1. The predicted molar refractivity (Wildman–Crippen MR) is 95.5 cm³/mol. The summed E-state index contributed by atoms with van der Waals surface area (Å²) in [6.45, 7) is 5.50. The summed E-state index contributed by atoms with van der Waals surface area (Å²) in [5.74, 6) is 0.178. The number of carbonyl (C=O) groups excluding carboxylic acids is 1. The smallest absolute Gasteiger partial charge is 0.241 e. The molecule has 2 aliphatic rings. The molecular formula is C19H24N4O2. The molecule has 1 saturated heterocycles. The van der Waals surface area contributed by atoms with E-state index in [9.17, 15) is 4.79 Å². The quantitative estimate of drug-likeness (QED) is 0.848. The van der Waals surface area contributed by atoms with Crippen LogP contribution in [0.1, 0.15) is 12.5 Å². The maximum atomic E-state index is 12.9. The molecular weight excluding hydrogens is 316 g/mol. The molecule has 0 saturated carbocycles. The normalized spacial score (nSPS) is 23.6. The largest absolute Gasteiger partial charge is 0.374 e. The second-order valence-corrected chi connectivity index (χ2v) is 6.90. The van der Waals surface area contributed by atoms with Crippen molar-refractivity contribution in [1.82, 2.24) is 14.7 Å². The number of anilines is 1. The summed E-state index contributed by atoms with van der Waals surface area (Å²) in [5, 5.41) is 4.24. The molecule has 1 amide bonds. The van der Waals surface area contributed by atoms with E-state index in [0.717, 1.165) is 31.7 Å². The average molecular weight is 340 g/mol. The number of rotatable bonds is 4. The van der Waals surface area contributed by atoms with Crippen LogP contribution in [0.2, 0.25) is 0 Å². The minimum Gasteiger partial charge on any atom is -0.374 e. The van der Waals surface area contributed by atoms with E-state index < -0.39 is 0 Å². The summed E-state index contributed by atoms with van der Waals surface area (Å²) in [7, 11) is 0. The van der Waals surface area contributed by atoms with Crippen LogP contribution >= 0.6 is 0 Å². The second-order valence-electron chi connectivity index (χ2n) is 6.90. The summed E-state index contributed by atoms with van der Waals surface area (Å²) in [4.78, 5) is 17.1. The average Bonchev–Trinajstić information content (AvgIpc) is 3.21. The molecule has 1 aromatic heterocycles. The highest BCUT2D eigenvalue weighted by Crippen LogP contribution is 2.31. The van der Waals surface area contributed by atoms with E-state index in [-0.39, 0.29) is 18.1 Å². The Kier molecular flexibility index (Phi) is 4.55. The number of fused-ring (bicyclic) bond motifs is 1. The van der Waals surface area contributed by atoms with Crippen LogP contribution in [0.15, 0.2) is 42.7 Å². The molecule has 4 rings (SSSR count). The van der Waals surface area contributed by atoms with Crippen LogP contribution < -0.4 is 4.90 Å². The van der Waals surface area contributed by atoms with Crippen molar-refractivity contribution >= 4 is 11.6 Å². The maximum absolute atomic E-state index is 12.9. The first kappa shape index (κ1) is 16.3. The number of morpholine rings is 1. The van der Waals surface area contributed by atoms with Crippen LogP contribution in [0, 0.1) is 0 Å². The van der Waals surface area contributed by atoms with Crippen molar-refractivity contribution in [3.8, 4) is 0 Å². The Hall–Kier alpha value is -2.18. The van der Waals surface area contributed by atoms with Crippen LogP contribution in [0.4, 0.5) is 5.69 Å². The van der Waals surface area contributed by atoms with E-state index in [1.54, 1.807) is 6.20 Å². The lowest BCUT2D eigenvalue weighted by Gasteiger charge is -2.34. The van der Waals surface area contributed by atoms with Gasteiger partial charge in [0.25, 0.3) is 0 Å². The topological polar surface area (TPSA) is 50.6 Å². The molecule has 0 aliphatic carbocycles. The molecule has 2 atom stereocenters. The van der Waals surface area contributed by atoms with Crippen LogP contribution in [0.25, 0.3) is 0 Å². The van der Waals surface area contributed by atoms with Gasteiger partial charge in [0.1, 0.15) is 0 Å². The van der Waals surface area contributed by atoms with Gasteiger partial charge in [-0.25, -0.2) is 0 Å². The van der Waals surface area contributed by atoms with Gasteiger partial charge in [-0.1, -0.05) is 18.2 Å². The fourth-order valence-electron chi connectivity index (χ4n) is 3.86. The zero-order valence-electron chi connectivity index (χ0n) is 14.5. The summed E-state index contributed by atoms with van der Waals surface area (Å²) in [6, 6.07) is 10.4. The van der Waals surface area contributed by atoms with Crippen molar-refractivity contribution in [3.63, 3.8) is 0 Å². The molecule has 0 bridgehead atoms. The van der Waals surface area contributed by atoms with Crippen molar-refractivity contribution in [3.05, 3.63) is 48.3 Å². The van der Waals surface area contributed by atoms with Gasteiger partial charge in [0.05, 0.1) is 25.8 Å². The predicted octanol–water partition coefficient (Wildman–Crippen LogP) is 1.56. The Balaban J connectivity index is 1.39. The molecule has 0 spiro atoms. The fraction of sp³-hybridized carbons (Fsp3) is 0.474. The van der Waals surface area contributed by atoms with E-state index in [2.05, 4.69) is 29.1 Å². The van der Waals surface area contributed by atoms with Gasteiger partial charge in [-0.2, -0.15) is 5.10 Å². The first-order chi connectivity index (χ1) is 12.2. The van der Waals surface area contributed by atoms with Crippen molar-refractivity contribution in [2.24, 2.45) is 0 Å². The van der Waals surface area contributed by atoms with Gasteiger partial charge in [0.2, 0.25) is 5.91 Å². The van der Waals surface area contributed by atoms with Crippen molar-refractivity contribution in [2.45, 2.75) is 32.0 Å². The minimum absolute atomic E-state index is 0.0738. The number of hydrogen-bond donors (Lipinski definition) is 0. The summed E-state index contributed by atoms with van der Waals surface area (Å²) in [6.07, 6.45) is 4.73. The zero-order valence-corrected chi connectivity index (χ0v) is 14.5. The Morgan fingerprint density at radius 3 is 3.04 bits per heavy atom. The maximum Gasteiger partial charge on any atom is 0.241 e. The molecule has 2 unspecified atom stereocenters. The van der Waals surface area contributed by atoms with Gasteiger partial charge in [-0.15, -0.1) is 0 Å². The third-order valence-corrected chi connectivity index (χ3v) is 5.01. The summed E-state index contributed by atoms with van der Waals surface area (Å²) >= 11 is 0. The second kappa shape index (κ2) is 6.98. The Labute approximate surface area is 148 Å². The van der Waals surface area contributed by atoms with Gasteiger partial charge in [-0.05, 0) is 31.0 Å². The van der Waals surface area contributed by atoms with E-state index in [0.29, 0.717) is 13.2 Å². The highest BCUT2D eigenvalue weighted by atomic mass is 16.5. The van der Waals surface area contributed by atoms with Crippen molar-refractivity contribution in [1.29, 1.82) is 0 Å². The highest BCUT2D eigenvalue weighted by Gasteiger charge is 2.32. The summed E-state index contributed by atoms with van der Waals surface area (Å²) < 4.78 is 7.72. The lowest BCUT2D eigenvalue weighted by molar-refractivity contribution is -0.122. The van der Waals surface area contributed by atoms with Crippen LogP contribution in [-0.4, -0.2) is 59.0 Å². The van der Waals surface area contributed by atoms with Crippen molar-refractivity contribution in [2.75, 3.05) is 31.1 Å². The van der Waals surface area contributed by atoms with Gasteiger partial charge in [-0.3, -0.25) is 14.4 Å². The SMILES string of the molecule is CC1Cc2ccccc2N1C(=O)CN1CCOC(Cn2cccn2)C1. The van der Waals surface area contributed by atoms with Gasteiger partial charge >= 0.3 is 0 Å². The Morgan fingerprint density at radius 2 is 2.20 bits per heavy atom. The Bertz CT molecular complexity index is 731. The van der Waals surface area contributed by atoms with Gasteiger partial charge in [0, 0.05) is 37.2 Å². The third kappa shape index (κ3) is 3.45. The van der Waals surface area contributed by atoms with E-state index in [1.807, 2.05) is 34.0 Å². The number of nitrogens with zero attached hydrogens (tertiary/aromatic N) is 4. The lowest BCUT2D eigenvalue weighted by atomic mass is 10.1. The molecule has 3 heterocycles. The van der Waals surface area contributed by atoms with E-state index >= 15 is 0 Å². The number of hydrogen-bond acceptors (Lipinski definition) is 4. The number of ether oxygens (including phenoxy) is 1. The first-order valence-corrected chi connectivity index (χ1v) is 8.92. The molecule has 1 fully saturated rings. The van der Waals surface area contributed by atoms with E-state index in [4.69, 9.17) is 4.74 Å². The van der Waals surface area contributed by atoms with Crippen LogP contribution in [0.5, 0.6) is 0 Å². The number of carbonyl (C=O) groups is 1. The molecule has 2 aromatic rings. The third-order valence-electron chi connectivity index (χ3n) is 5.01. The van der Waals surface area contributed by atoms with Crippen LogP contribution in [0.3, 0.4) is 0 Å². The van der Waals surface area contributed by atoms with Gasteiger partial charge < -0.3 is 9.64 Å². The minimum atomic E-state index is 0.0738. The molecule has 25 heavy (non-hydrogen) atoms. The number of benzene rings is 1. The lowest BCUT2D eigenvalue weighted by Crippen LogP contribution is -2.49.